The summed E-state index contributed by atoms with van der Waals surface area (Å²) in [6.45, 7) is 0. The van der Waals surface area contributed by atoms with Gasteiger partial charge in [-0.05, 0) is 16.3 Å². The van der Waals surface area contributed by atoms with Crippen LogP contribution >= 0.6 is 0 Å². The summed E-state index contributed by atoms with van der Waals surface area (Å²) in [6.07, 6.45) is -7.80. The predicted octanol–water partition coefficient (Wildman–Crippen LogP) is 5.01. The largest absolute Gasteiger partial charge is 0.422 e. The second-order valence-corrected chi connectivity index (χ2v) is 3.66. The lowest BCUT2D eigenvalue weighted by molar-refractivity contribution is -0.0710. The Morgan fingerprint density at radius 3 is 2.06 bits per heavy atom. The average molecular weight is 258 g/mol. The number of benzene rings is 2. The second-order valence-electron chi connectivity index (χ2n) is 3.66. The molecule has 0 spiro atoms. The Morgan fingerprint density at radius 2 is 1.44 bits per heavy atom. The summed E-state index contributed by atoms with van der Waals surface area (Å²) in [5.74, 6) is 0. The van der Waals surface area contributed by atoms with Crippen LogP contribution in [-0.4, -0.2) is 6.18 Å². The molecule has 2 rings (SSSR count). The minimum atomic E-state index is -5.08. The first-order valence-corrected chi connectivity index (χ1v) is 5.02. The molecule has 18 heavy (non-hydrogen) atoms. The number of halogens is 5. The molecule has 0 aliphatic carbocycles. The third-order valence-electron chi connectivity index (χ3n) is 2.53. The molecular weight excluding hydrogens is 251 g/mol. The van der Waals surface area contributed by atoms with Gasteiger partial charge in [0, 0.05) is 0 Å². The Labute approximate surface area is 99.3 Å². The SMILES string of the molecule is FC(F)=C(c1cccc2ccccc12)C(F)(F)F. The van der Waals surface area contributed by atoms with Crippen LogP contribution in [0.15, 0.2) is 48.5 Å². The topological polar surface area (TPSA) is 0 Å². The van der Waals surface area contributed by atoms with Crippen LogP contribution < -0.4 is 0 Å². The Balaban J connectivity index is 2.78. The number of hydrogen-bond donors (Lipinski definition) is 0. The molecule has 0 aliphatic heterocycles. The molecule has 0 fully saturated rings. The normalized spacial score (nSPS) is 11.6. The summed E-state index contributed by atoms with van der Waals surface area (Å²) in [5.41, 5.74) is -2.38. The molecule has 0 atom stereocenters. The maximum atomic E-state index is 12.6. The summed E-state index contributed by atoms with van der Waals surface area (Å²) >= 11 is 0. The molecule has 0 bridgehead atoms. The molecule has 0 saturated heterocycles. The maximum absolute atomic E-state index is 12.6. The lowest BCUT2D eigenvalue weighted by Gasteiger charge is -2.13. The van der Waals surface area contributed by atoms with Gasteiger partial charge in [-0.15, -0.1) is 0 Å². The molecule has 0 radical (unpaired) electrons. The van der Waals surface area contributed by atoms with Gasteiger partial charge in [-0.1, -0.05) is 42.5 Å². The van der Waals surface area contributed by atoms with Gasteiger partial charge in [0.05, 0.1) is 0 Å². The lowest BCUT2D eigenvalue weighted by atomic mass is 9.98. The third kappa shape index (κ3) is 2.20. The Hall–Kier alpha value is -1.91. The van der Waals surface area contributed by atoms with E-state index in [9.17, 15) is 22.0 Å². The first-order chi connectivity index (χ1) is 8.41. The highest BCUT2D eigenvalue weighted by Crippen LogP contribution is 2.40. The van der Waals surface area contributed by atoms with Crippen molar-refractivity contribution < 1.29 is 22.0 Å². The zero-order valence-corrected chi connectivity index (χ0v) is 8.93. The first-order valence-electron chi connectivity index (χ1n) is 5.02. The van der Waals surface area contributed by atoms with Crippen LogP contribution in [0.4, 0.5) is 22.0 Å². The summed E-state index contributed by atoms with van der Waals surface area (Å²) < 4.78 is 63.1. The molecule has 0 aliphatic rings. The van der Waals surface area contributed by atoms with Crippen LogP contribution in [0.5, 0.6) is 0 Å². The Morgan fingerprint density at radius 1 is 0.833 bits per heavy atom. The highest BCUT2D eigenvalue weighted by Gasteiger charge is 2.39. The van der Waals surface area contributed by atoms with Crippen molar-refractivity contribution in [3.8, 4) is 0 Å². The van der Waals surface area contributed by atoms with Crippen LogP contribution in [0.25, 0.3) is 16.3 Å². The molecular formula is C13H7F5. The van der Waals surface area contributed by atoms with Crippen LogP contribution in [0, 0.1) is 0 Å². The number of alkyl halides is 3. The van der Waals surface area contributed by atoms with E-state index in [0.717, 1.165) is 6.07 Å². The van der Waals surface area contributed by atoms with E-state index in [0.29, 0.717) is 5.39 Å². The molecule has 0 saturated carbocycles. The van der Waals surface area contributed by atoms with E-state index < -0.39 is 23.4 Å². The van der Waals surface area contributed by atoms with Gasteiger partial charge in [0.2, 0.25) is 0 Å². The molecule has 0 nitrogen and oxygen atoms in total. The molecule has 5 heteroatoms. The highest BCUT2D eigenvalue weighted by molar-refractivity contribution is 5.95. The van der Waals surface area contributed by atoms with Gasteiger partial charge in [0.25, 0.3) is 6.08 Å². The molecule has 0 aromatic heterocycles. The van der Waals surface area contributed by atoms with Gasteiger partial charge in [-0.3, -0.25) is 0 Å². The number of fused-ring (bicyclic) bond motifs is 1. The van der Waals surface area contributed by atoms with E-state index in [1.807, 2.05) is 0 Å². The van der Waals surface area contributed by atoms with Crippen LogP contribution in [0.2, 0.25) is 0 Å². The summed E-state index contributed by atoms with van der Waals surface area (Å²) in [5, 5.41) is 0.637. The van der Waals surface area contributed by atoms with Gasteiger partial charge >= 0.3 is 6.18 Å². The highest BCUT2D eigenvalue weighted by atomic mass is 19.4. The minimum absolute atomic E-state index is 0.153. The van der Waals surface area contributed by atoms with Crippen molar-refractivity contribution in [2.45, 2.75) is 6.18 Å². The second kappa shape index (κ2) is 4.40. The molecule has 0 heterocycles. The fourth-order valence-corrected chi connectivity index (χ4v) is 1.81. The van der Waals surface area contributed by atoms with Crippen molar-refractivity contribution in [3.05, 3.63) is 54.1 Å². The Kier molecular flexibility index (Phi) is 3.07. The zero-order chi connectivity index (χ0) is 13.3. The predicted molar refractivity (Wildman–Crippen MR) is 59.1 cm³/mol. The fraction of sp³-hybridized carbons (Fsp3) is 0.0769. The van der Waals surface area contributed by atoms with Crippen LogP contribution in [-0.2, 0) is 0 Å². The maximum Gasteiger partial charge on any atom is 0.422 e. The zero-order valence-electron chi connectivity index (χ0n) is 8.93. The number of hydrogen-bond acceptors (Lipinski definition) is 0. The molecule has 0 N–H and O–H groups in total. The molecule has 2 aromatic carbocycles. The van der Waals surface area contributed by atoms with Gasteiger partial charge in [-0.2, -0.15) is 22.0 Å². The summed E-state index contributed by atoms with van der Waals surface area (Å²) in [7, 11) is 0. The van der Waals surface area contributed by atoms with E-state index in [4.69, 9.17) is 0 Å². The fourth-order valence-electron chi connectivity index (χ4n) is 1.81. The van der Waals surface area contributed by atoms with Crippen molar-refractivity contribution in [2.24, 2.45) is 0 Å². The standard InChI is InChI=1S/C13H7F5/c14-12(15)11(13(16,17)18)10-7-3-5-8-4-1-2-6-9(8)10/h1-7H. The van der Waals surface area contributed by atoms with Crippen molar-refractivity contribution in [3.63, 3.8) is 0 Å². The number of rotatable bonds is 1. The molecule has 0 amide bonds. The van der Waals surface area contributed by atoms with E-state index in [-0.39, 0.29) is 5.39 Å². The van der Waals surface area contributed by atoms with E-state index in [2.05, 4.69) is 0 Å². The van der Waals surface area contributed by atoms with Gasteiger partial charge in [-0.25, -0.2) is 0 Å². The summed E-state index contributed by atoms with van der Waals surface area (Å²) in [6, 6.07) is 10.0. The third-order valence-corrected chi connectivity index (χ3v) is 2.53. The smallest absolute Gasteiger partial charge is 0.173 e. The van der Waals surface area contributed by atoms with E-state index >= 15 is 0 Å². The monoisotopic (exact) mass is 258 g/mol. The van der Waals surface area contributed by atoms with Crippen molar-refractivity contribution >= 4 is 16.3 Å². The summed E-state index contributed by atoms with van der Waals surface area (Å²) in [4.78, 5) is 0. The van der Waals surface area contributed by atoms with E-state index in [1.165, 1.54) is 18.2 Å². The van der Waals surface area contributed by atoms with Crippen LogP contribution in [0.3, 0.4) is 0 Å². The molecule has 2 aromatic rings. The van der Waals surface area contributed by atoms with Gasteiger partial charge in [0.15, 0.2) is 0 Å². The van der Waals surface area contributed by atoms with Gasteiger partial charge < -0.3 is 0 Å². The van der Waals surface area contributed by atoms with Crippen molar-refractivity contribution in [1.29, 1.82) is 0 Å². The van der Waals surface area contributed by atoms with Crippen molar-refractivity contribution in [1.82, 2.24) is 0 Å². The van der Waals surface area contributed by atoms with E-state index in [1.54, 1.807) is 18.2 Å². The minimum Gasteiger partial charge on any atom is -0.173 e. The first kappa shape index (κ1) is 12.5. The van der Waals surface area contributed by atoms with Crippen LogP contribution in [0.1, 0.15) is 5.56 Å². The molecule has 0 unspecified atom stereocenters. The lowest BCUT2D eigenvalue weighted by Crippen LogP contribution is -2.12. The van der Waals surface area contributed by atoms with Crippen molar-refractivity contribution in [2.75, 3.05) is 0 Å². The number of allylic oxidation sites excluding steroid dienone is 1. The molecule has 94 valence electrons. The quantitative estimate of drug-likeness (QED) is 0.631. The Bertz CT molecular complexity index is 601. The van der Waals surface area contributed by atoms with Gasteiger partial charge in [0.1, 0.15) is 5.57 Å². The average Bonchev–Trinajstić information content (AvgIpc) is 2.27.